The SMILES string of the molecule is C=c1cccc2c1=C(C=S)Oc1ccccc1-2. The molecule has 3 rings (SSSR count). The predicted octanol–water partition coefficient (Wildman–Crippen LogP) is 2.26. The quantitative estimate of drug-likeness (QED) is 0.705. The molecule has 0 bridgehead atoms. The third kappa shape index (κ3) is 1.49. The summed E-state index contributed by atoms with van der Waals surface area (Å²) >= 11 is 5.02. The number of benzene rings is 2. The monoisotopic (exact) mass is 238 g/mol. The van der Waals surface area contributed by atoms with Gasteiger partial charge in [0.25, 0.3) is 0 Å². The fourth-order valence-corrected chi connectivity index (χ4v) is 2.31. The van der Waals surface area contributed by atoms with E-state index in [-0.39, 0.29) is 0 Å². The zero-order valence-corrected chi connectivity index (χ0v) is 9.96. The average molecular weight is 238 g/mol. The van der Waals surface area contributed by atoms with Gasteiger partial charge < -0.3 is 4.74 Å². The van der Waals surface area contributed by atoms with Crippen molar-refractivity contribution < 1.29 is 4.74 Å². The van der Waals surface area contributed by atoms with Crippen molar-refractivity contribution in [2.75, 3.05) is 0 Å². The predicted molar refractivity (Wildman–Crippen MR) is 74.3 cm³/mol. The maximum Gasteiger partial charge on any atom is 0.146 e. The molecule has 0 aromatic heterocycles. The van der Waals surface area contributed by atoms with Crippen molar-refractivity contribution in [1.82, 2.24) is 0 Å². The van der Waals surface area contributed by atoms with Crippen molar-refractivity contribution in [1.29, 1.82) is 0 Å². The van der Waals surface area contributed by atoms with Crippen LogP contribution in [0.4, 0.5) is 0 Å². The highest BCUT2D eigenvalue weighted by Gasteiger charge is 2.16. The molecule has 0 radical (unpaired) electrons. The van der Waals surface area contributed by atoms with E-state index in [4.69, 9.17) is 17.0 Å². The maximum absolute atomic E-state index is 5.81. The van der Waals surface area contributed by atoms with Crippen LogP contribution < -0.4 is 15.2 Å². The lowest BCUT2D eigenvalue weighted by Gasteiger charge is -2.18. The Hall–Kier alpha value is -1.93. The van der Waals surface area contributed by atoms with Gasteiger partial charge in [0.05, 0.1) is 0 Å². The number of fused-ring (bicyclic) bond motifs is 3. The highest BCUT2D eigenvalue weighted by Crippen LogP contribution is 2.31. The van der Waals surface area contributed by atoms with Gasteiger partial charge in [0.2, 0.25) is 0 Å². The van der Waals surface area contributed by atoms with Gasteiger partial charge in [-0.05, 0) is 16.8 Å². The van der Waals surface area contributed by atoms with E-state index in [1.54, 1.807) is 5.37 Å². The smallest absolute Gasteiger partial charge is 0.146 e. The molecule has 0 aliphatic carbocycles. The van der Waals surface area contributed by atoms with Gasteiger partial charge in [-0.25, -0.2) is 0 Å². The van der Waals surface area contributed by atoms with Gasteiger partial charge >= 0.3 is 0 Å². The fourth-order valence-electron chi connectivity index (χ4n) is 2.15. The highest BCUT2D eigenvalue weighted by molar-refractivity contribution is 7.79. The Bertz CT molecular complexity index is 716. The number of hydrogen-bond donors (Lipinski definition) is 0. The van der Waals surface area contributed by atoms with Crippen molar-refractivity contribution in [3.8, 4) is 16.9 Å². The third-order valence-corrected chi connectivity index (χ3v) is 3.12. The molecule has 0 saturated heterocycles. The summed E-state index contributed by atoms with van der Waals surface area (Å²) in [7, 11) is 0. The first-order valence-electron chi connectivity index (χ1n) is 5.36. The molecule has 0 atom stereocenters. The second-order valence-electron chi connectivity index (χ2n) is 3.92. The highest BCUT2D eigenvalue weighted by atomic mass is 32.1. The first-order chi connectivity index (χ1) is 8.31. The maximum atomic E-state index is 5.81. The zero-order chi connectivity index (χ0) is 11.8. The average Bonchev–Trinajstić information content (AvgIpc) is 2.38. The summed E-state index contributed by atoms with van der Waals surface area (Å²) in [6.07, 6.45) is 0. The standard InChI is InChI=1S/C15H10OS/c1-10-5-4-7-12-11-6-2-3-8-13(11)16-14(9-17)15(10)12/h2-9H,1H2. The van der Waals surface area contributed by atoms with Crippen LogP contribution in [0.3, 0.4) is 0 Å². The third-order valence-electron chi connectivity index (χ3n) is 2.90. The van der Waals surface area contributed by atoms with Gasteiger partial charge in [-0.3, -0.25) is 0 Å². The van der Waals surface area contributed by atoms with Crippen molar-refractivity contribution in [3.05, 3.63) is 52.9 Å². The minimum Gasteiger partial charge on any atom is -0.455 e. The molecule has 0 amide bonds. The van der Waals surface area contributed by atoms with Crippen LogP contribution in [0.1, 0.15) is 0 Å². The van der Waals surface area contributed by atoms with Crippen LogP contribution >= 0.6 is 12.2 Å². The molecule has 0 N–H and O–H groups in total. The molecule has 2 aromatic rings. The molecule has 2 aromatic carbocycles. The lowest BCUT2D eigenvalue weighted by molar-refractivity contribution is 0.522. The zero-order valence-electron chi connectivity index (χ0n) is 9.14. The van der Waals surface area contributed by atoms with E-state index in [0.717, 1.165) is 27.3 Å². The summed E-state index contributed by atoms with van der Waals surface area (Å²) in [4.78, 5) is 0. The summed E-state index contributed by atoms with van der Waals surface area (Å²) in [5.41, 5.74) is 2.23. The van der Waals surface area contributed by atoms with Crippen LogP contribution in [0.5, 0.6) is 5.75 Å². The van der Waals surface area contributed by atoms with Crippen molar-refractivity contribution in [2.45, 2.75) is 0 Å². The number of rotatable bonds is 1. The number of para-hydroxylation sites is 1. The first-order valence-corrected chi connectivity index (χ1v) is 5.83. The summed E-state index contributed by atoms with van der Waals surface area (Å²) in [5.74, 6) is 1.56. The summed E-state index contributed by atoms with van der Waals surface area (Å²) in [6, 6.07) is 14.0. The normalized spacial score (nSPS) is 12.4. The molecule has 17 heavy (non-hydrogen) atoms. The molecule has 1 nitrogen and oxygen atoms in total. The lowest BCUT2D eigenvalue weighted by Crippen LogP contribution is -2.32. The minimum atomic E-state index is 0.708. The van der Waals surface area contributed by atoms with E-state index < -0.39 is 0 Å². The Morgan fingerprint density at radius 1 is 1.00 bits per heavy atom. The topological polar surface area (TPSA) is 9.23 Å². The van der Waals surface area contributed by atoms with E-state index in [0.29, 0.717) is 5.76 Å². The van der Waals surface area contributed by atoms with Gasteiger partial charge in [-0.1, -0.05) is 55.2 Å². The molecule has 2 heteroatoms. The van der Waals surface area contributed by atoms with Crippen LogP contribution in [0.15, 0.2) is 42.5 Å². The van der Waals surface area contributed by atoms with E-state index >= 15 is 0 Å². The molecule has 1 aliphatic heterocycles. The van der Waals surface area contributed by atoms with Gasteiger partial charge in [-0.2, -0.15) is 0 Å². The van der Waals surface area contributed by atoms with Crippen LogP contribution in [-0.4, -0.2) is 5.37 Å². The minimum absolute atomic E-state index is 0.708. The molecule has 0 saturated carbocycles. The molecule has 0 unspecified atom stereocenters. The van der Waals surface area contributed by atoms with E-state index in [2.05, 4.69) is 12.6 Å². The Balaban J connectivity index is 2.50. The molecular formula is C15H10OS. The second-order valence-corrected chi connectivity index (χ2v) is 4.16. The van der Waals surface area contributed by atoms with Crippen LogP contribution in [-0.2, 0) is 0 Å². The molecule has 0 fully saturated rings. The van der Waals surface area contributed by atoms with Crippen LogP contribution in [0, 0.1) is 0 Å². The van der Waals surface area contributed by atoms with Gasteiger partial charge in [0.15, 0.2) is 0 Å². The van der Waals surface area contributed by atoms with Gasteiger partial charge in [0, 0.05) is 16.1 Å². The number of hydrogen-bond acceptors (Lipinski definition) is 2. The van der Waals surface area contributed by atoms with Gasteiger partial charge in [0.1, 0.15) is 11.5 Å². The Kier molecular flexibility index (Phi) is 2.30. The summed E-state index contributed by atoms with van der Waals surface area (Å²) in [6.45, 7) is 4.04. The Morgan fingerprint density at radius 3 is 2.59 bits per heavy atom. The molecular weight excluding hydrogens is 228 g/mol. The van der Waals surface area contributed by atoms with E-state index in [1.807, 2.05) is 36.4 Å². The molecule has 1 heterocycles. The molecule has 1 aliphatic rings. The van der Waals surface area contributed by atoms with Crippen molar-refractivity contribution in [2.24, 2.45) is 0 Å². The van der Waals surface area contributed by atoms with Gasteiger partial charge in [-0.15, -0.1) is 0 Å². The fraction of sp³-hybridized carbons (Fsp3) is 0. The Morgan fingerprint density at radius 2 is 1.76 bits per heavy atom. The first kappa shape index (κ1) is 10.2. The van der Waals surface area contributed by atoms with Crippen molar-refractivity contribution in [3.63, 3.8) is 0 Å². The number of ether oxygens (including phenoxy) is 1. The largest absolute Gasteiger partial charge is 0.455 e. The summed E-state index contributed by atoms with van der Waals surface area (Å²) < 4.78 is 5.81. The van der Waals surface area contributed by atoms with Crippen LogP contribution in [0.2, 0.25) is 0 Å². The van der Waals surface area contributed by atoms with Crippen LogP contribution in [0.25, 0.3) is 23.5 Å². The van der Waals surface area contributed by atoms with E-state index in [9.17, 15) is 0 Å². The lowest BCUT2D eigenvalue weighted by atomic mass is 9.98. The molecule has 0 spiro atoms. The van der Waals surface area contributed by atoms with Crippen molar-refractivity contribution >= 4 is 29.9 Å². The van der Waals surface area contributed by atoms with E-state index in [1.165, 1.54) is 0 Å². The second kappa shape index (κ2) is 3.82. The number of thiocarbonyl (C=S) groups is 1. The summed E-state index contributed by atoms with van der Waals surface area (Å²) in [5, 5.41) is 3.51. The molecule has 82 valence electrons. The Labute approximate surface area is 105 Å².